The van der Waals surface area contributed by atoms with E-state index >= 15 is 0 Å². The van der Waals surface area contributed by atoms with Gasteiger partial charge in [-0.2, -0.15) is 0 Å². The lowest BCUT2D eigenvalue weighted by Gasteiger charge is -2.12. The van der Waals surface area contributed by atoms with E-state index in [1.807, 2.05) is 0 Å². The molecule has 0 aliphatic heterocycles. The molecule has 1 aromatic heterocycles. The first kappa shape index (κ1) is 27.7. The molecule has 0 atom stereocenters. The lowest BCUT2D eigenvalue weighted by Crippen LogP contribution is -1.95. The van der Waals surface area contributed by atoms with Crippen LogP contribution in [-0.2, 0) is 0 Å². The summed E-state index contributed by atoms with van der Waals surface area (Å²) in [7, 11) is 0. The lowest BCUT2D eigenvalue weighted by atomic mass is 9.95. The third-order valence-corrected chi connectivity index (χ3v) is 10.2. The Hall–Kier alpha value is -6.44. The number of aromatic nitrogens is 1. The molecule has 0 unspecified atom stereocenters. The lowest BCUT2D eigenvalue weighted by molar-refractivity contribution is 1.20. The van der Waals surface area contributed by atoms with Crippen LogP contribution in [0.1, 0.15) is 0 Å². The maximum Gasteiger partial charge on any atom is 0.0541 e. The van der Waals surface area contributed by atoms with Gasteiger partial charge in [0.25, 0.3) is 0 Å². The molecule has 10 rings (SSSR count). The molecular weight excluding hydrogens is 591 g/mol. The standard InChI is InChI=1S/C48H31N/c1-2-10-36-28-38(21-20-32(36)8-1)41-25-24-39-29-37(22-23-40(39)30-41)33-16-18-34(19-17-33)42-26-27-48-45(31-42)44-13-5-6-14-47(44)49(48)46-15-7-11-35-9-3-4-12-43(35)46/h1-31H. The van der Waals surface area contributed by atoms with E-state index in [2.05, 4.69) is 193 Å². The highest BCUT2D eigenvalue weighted by Crippen LogP contribution is 2.37. The Kier molecular flexibility index (Phi) is 6.25. The molecule has 0 N–H and O–H groups in total. The van der Waals surface area contributed by atoms with Gasteiger partial charge in [-0.3, -0.25) is 0 Å². The smallest absolute Gasteiger partial charge is 0.0541 e. The van der Waals surface area contributed by atoms with Crippen LogP contribution in [0.25, 0.3) is 93.2 Å². The van der Waals surface area contributed by atoms with Crippen molar-refractivity contribution in [1.82, 2.24) is 4.57 Å². The predicted octanol–water partition coefficient (Wildman–Crippen LogP) is 13.2. The average Bonchev–Trinajstić information content (AvgIpc) is 3.50. The van der Waals surface area contributed by atoms with Gasteiger partial charge in [0, 0.05) is 16.2 Å². The van der Waals surface area contributed by atoms with Gasteiger partial charge < -0.3 is 4.57 Å². The van der Waals surface area contributed by atoms with Gasteiger partial charge in [-0.15, -0.1) is 0 Å². The minimum absolute atomic E-state index is 1.21. The van der Waals surface area contributed by atoms with Crippen LogP contribution in [0.4, 0.5) is 0 Å². The number of rotatable bonds is 4. The Bertz CT molecular complexity index is 2870. The monoisotopic (exact) mass is 621 g/mol. The molecule has 1 heteroatoms. The minimum atomic E-state index is 1.21. The Morgan fingerprint density at radius 1 is 0.245 bits per heavy atom. The Morgan fingerprint density at radius 3 is 1.41 bits per heavy atom. The van der Waals surface area contributed by atoms with Gasteiger partial charge in [0.2, 0.25) is 0 Å². The van der Waals surface area contributed by atoms with E-state index < -0.39 is 0 Å². The largest absolute Gasteiger partial charge is 0.309 e. The molecule has 1 heterocycles. The second-order valence-corrected chi connectivity index (χ2v) is 13.0. The molecule has 228 valence electrons. The normalized spacial score (nSPS) is 11.7. The summed E-state index contributed by atoms with van der Waals surface area (Å²) < 4.78 is 2.42. The third-order valence-electron chi connectivity index (χ3n) is 10.2. The summed E-state index contributed by atoms with van der Waals surface area (Å²) in [6, 6.07) is 68.8. The zero-order valence-corrected chi connectivity index (χ0v) is 26.8. The van der Waals surface area contributed by atoms with Crippen molar-refractivity contribution in [3.8, 4) is 39.1 Å². The van der Waals surface area contributed by atoms with Gasteiger partial charge >= 0.3 is 0 Å². The molecule has 0 amide bonds. The van der Waals surface area contributed by atoms with Crippen LogP contribution in [0.15, 0.2) is 188 Å². The highest BCUT2D eigenvalue weighted by atomic mass is 15.0. The predicted molar refractivity (Wildman–Crippen MR) is 210 cm³/mol. The molecule has 0 saturated carbocycles. The zero-order chi connectivity index (χ0) is 32.3. The van der Waals surface area contributed by atoms with Gasteiger partial charge in [-0.05, 0) is 103 Å². The van der Waals surface area contributed by atoms with Gasteiger partial charge in [-0.25, -0.2) is 0 Å². The summed E-state index contributed by atoms with van der Waals surface area (Å²) in [5.41, 5.74) is 11.0. The number of nitrogens with zero attached hydrogens (tertiary/aromatic N) is 1. The summed E-state index contributed by atoms with van der Waals surface area (Å²) in [4.78, 5) is 0. The SMILES string of the molecule is c1ccc2cc(-c3ccc4cc(-c5ccc(-c6ccc7c(c6)c6ccccc6n7-c6cccc7ccccc67)cc5)ccc4c3)ccc2c1. The summed E-state index contributed by atoms with van der Waals surface area (Å²) >= 11 is 0. The van der Waals surface area contributed by atoms with Crippen LogP contribution >= 0.6 is 0 Å². The van der Waals surface area contributed by atoms with E-state index in [1.165, 1.54) is 93.2 Å². The molecular formula is C48H31N. The van der Waals surface area contributed by atoms with E-state index in [1.54, 1.807) is 0 Å². The van der Waals surface area contributed by atoms with Crippen LogP contribution in [0.3, 0.4) is 0 Å². The fourth-order valence-corrected chi connectivity index (χ4v) is 7.64. The molecule has 0 radical (unpaired) electrons. The van der Waals surface area contributed by atoms with Gasteiger partial charge in [-0.1, -0.05) is 146 Å². The van der Waals surface area contributed by atoms with E-state index in [-0.39, 0.29) is 0 Å². The van der Waals surface area contributed by atoms with Crippen molar-refractivity contribution in [2.75, 3.05) is 0 Å². The maximum atomic E-state index is 2.42. The number of fused-ring (bicyclic) bond motifs is 6. The summed E-state index contributed by atoms with van der Waals surface area (Å²) in [6.45, 7) is 0. The first-order valence-corrected chi connectivity index (χ1v) is 16.9. The summed E-state index contributed by atoms with van der Waals surface area (Å²) in [6.07, 6.45) is 0. The Balaban J connectivity index is 0.992. The van der Waals surface area contributed by atoms with E-state index in [9.17, 15) is 0 Å². The van der Waals surface area contributed by atoms with Crippen molar-refractivity contribution in [2.45, 2.75) is 0 Å². The Morgan fingerprint density at radius 2 is 0.694 bits per heavy atom. The molecule has 0 spiro atoms. The number of benzene rings is 9. The quantitative estimate of drug-likeness (QED) is 0.184. The first-order valence-electron chi connectivity index (χ1n) is 16.9. The molecule has 0 aliphatic carbocycles. The van der Waals surface area contributed by atoms with Gasteiger partial charge in [0.05, 0.1) is 16.7 Å². The van der Waals surface area contributed by atoms with Crippen LogP contribution in [0.2, 0.25) is 0 Å². The van der Waals surface area contributed by atoms with Crippen LogP contribution in [0, 0.1) is 0 Å². The zero-order valence-electron chi connectivity index (χ0n) is 26.8. The molecule has 0 saturated heterocycles. The number of hydrogen-bond acceptors (Lipinski definition) is 0. The first-order chi connectivity index (χ1) is 24.3. The highest BCUT2D eigenvalue weighted by molar-refractivity contribution is 6.11. The van der Waals surface area contributed by atoms with Crippen molar-refractivity contribution in [3.05, 3.63) is 188 Å². The molecule has 0 aliphatic rings. The topological polar surface area (TPSA) is 4.93 Å². The molecule has 10 aromatic rings. The van der Waals surface area contributed by atoms with E-state index in [4.69, 9.17) is 0 Å². The average molecular weight is 622 g/mol. The second kappa shape index (κ2) is 11.1. The van der Waals surface area contributed by atoms with Crippen molar-refractivity contribution >= 4 is 54.1 Å². The third kappa shape index (κ3) is 4.63. The summed E-state index contributed by atoms with van der Waals surface area (Å²) in [5, 5.41) is 10.1. The van der Waals surface area contributed by atoms with Crippen LogP contribution in [-0.4, -0.2) is 4.57 Å². The number of hydrogen-bond donors (Lipinski definition) is 0. The molecule has 49 heavy (non-hydrogen) atoms. The fourth-order valence-electron chi connectivity index (χ4n) is 7.64. The Labute approximate surface area is 284 Å². The van der Waals surface area contributed by atoms with E-state index in [0.717, 1.165) is 0 Å². The van der Waals surface area contributed by atoms with Crippen molar-refractivity contribution in [1.29, 1.82) is 0 Å². The van der Waals surface area contributed by atoms with Crippen molar-refractivity contribution < 1.29 is 0 Å². The fraction of sp³-hybridized carbons (Fsp3) is 0. The van der Waals surface area contributed by atoms with E-state index in [0.29, 0.717) is 0 Å². The van der Waals surface area contributed by atoms with Crippen LogP contribution < -0.4 is 0 Å². The van der Waals surface area contributed by atoms with Crippen LogP contribution in [0.5, 0.6) is 0 Å². The number of para-hydroxylation sites is 1. The van der Waals surface area contributed by atoms with Gasteiger partial charge in [0.15, 0.2) is 0 Å². The van der Waals surface area contributed by atoms with Crippen molar-refractivity contribution in [3.63, 3.8) is 0 Å². The second-order valence-electron chi connectivity index (χ2n) is 13.0. The van der Waals surface area contributed by atoms with Gasteiger partial charge in [0.1, 0.15) is 0 Å². The maximum absolute atomic E-state index is 2.42. The molecule has 0 fully saturated rings. The minimum Gasteiger partial charge on any atom is -0.309 e. The molecule has 1 nitrogen and oxygen atoms in total. The highest BCUT2D eigenvalue weighted by Gasteiger charge is 2.15. The van der Waals surface area contributed by atoms with Crippen molar-refractivity contribution in [2.24, 2.45) is 0 Å². The molecule has 0 bridgehead atoms. The molecule has 9 aromatic carbocycles. The summed E-state index contributed by atoms with van der Waals surface area (Å²) in [5.74, 6) is 0.